The number of carbonyl (C=O) groups is 1. The molecule has 2 saturated carbocycles. The molecule has 5 nitrogen and oxygen atoms in total. The minimum absolute atomic E-state index is 0.190. The molecule has 0 spiro atoms. The number of ether oxygens (including phenoxy) is 1. The van der Waals surface area contributed by atoms with Gasteiger partial charge in [0.05, 0.1) is 6.10 Å². The van der Waals surface area contributed by atoms with Crippen LogP contribution in [0.1, 0.15) is 32.6 Å². The van der Waals surface area contributed by atoms with Gasteiger partial charge in [-0.3, -0.25) is 5.26 Å². The second kappa shape index (κ2) is 4.16. The van der Waals surface area contributed by atoms with E-state index in [1.807, 2.05) is 6.92 Å². The van der Waals surface area contributed by atoms with E-state index in [1.54, 1.807) is 0 Å². The van der Waals surface area contributed by atoms with Gasteiger partial charge in [0.15, 0.2) is 0 Å². The van der Waals surface area contributed by atoms with E-state index in [0.717, 1.165) is 5.57 Å². The van der Waals surface area contributed by atoms with Gasteiger partial charge in [-0.05, 0) is 31.3 Å². The summed E-state index contributed by atoms with van der Waals surface area (Å²) in [4.78, 5) is 16.6. The molecule has 0 aromatic rings. The van der Waals surface area contributed by atoms with Gasteiger partial charge in [-0.25, -0.2) is 9.68 Å². The predicted molar refractivity (Wildman–Crippen MR) is 70.7 cm³/mol. The van der Waals surface area contributed by atoms with Crippen LogP contribution >= 0.6 is 0 Å². The highest BCUT2D eigenvalue weighted by Gasteiger charge is 2.65. The minimum atomic E-state index is -1.04. The third-order valence-electron chi connectivity index (χ3n) is 5.65. The number of fused-ring (bicyclic) bond motifs is 2. The Balaban J connectivity index is 2.06. The Bertz CT molecular complexity index is 498. The van der Waals surface area contributed by atoms with Crippen LogP contribution < -0.4 is 0 Å². The summed E-state index contributed by atoms with van der Waals surface area (Å²) in [5, 5.41) is 20.0. The molecule has 3 rings (SSSR count). The highest BCUT2D eigenvalue weighted by Crippen LogP contribution is 2.60. The number of aliphatic hydroxyl groups excluding tert-OH is 1. The van der Waals surface area contributed by atoms with Gasteiger partial charge in [0, 0.05) is 16.9 Å². The third kappa shape index (κ3) is 1.46. The predicted octanol–water partition coefficient (Wildman–Crippen LogP) is 1.82. The van der Waals surface area contributed by atoms with E-state index in [9.17, 15) is 15.2 Å². The van der Waals surface area contributed by atoms with Gasteiger partial charge in [-0.15, -0.1) is 0 Å². The van der Waals surface area contributed by atoms with Crippen molar-refractivity contribution in [2.24, 2.45) is 11.3 Å². The van der Waals surface area contributed by atoms with Crippen LogP contribution in [-0.2, 0) is 14.4 Å². The molecule has 0 aromatic carbocycles. The Morgan fingerprint density at radius 1 is 1.40 bits per heavy atom. The summed E-state index contributed by atoms with van der Waals surface area (Å²) in [6.07, 6.45) is 1.04. The molecule has 1 aliphatic heterocycles. The fourth-order valence-corrected chi connectivity index (χ4v) is 4.23. The van der Waals surface area contributed by atoms with E-state index >= 15 is 0 Å². The van der Waals surface area contributed by atoms with Crippen molar-refractivity contribution in [3.63, 3.8) is 0 Å². The van der Waals surface area contributed by atoms with Gasteiger partial charge in [0.1, 0.15) is 11.7 Å². The van der Waals surface area contributed by atoms with Crippen molar-refractivity contribution in [3.05, 3.63) is 24.3 Å². The molecule has 0 bridgehead atoms. The lowest BCUT2D eigenvalue weighted by Gasteiger charge is -2.57. The van der Waals surface area contributed by atoms with E-state index in [4.69, 9.17) is 9.62 Å². The van der Waals surface area contributed by atoms with E-state index in [1.165, 1.54) is 0 Å². The first kappa shape index (κ1) is 13.8. The number of rotatable bonds is 1. The van der Waals surface area contributed by atoms with Crippen LogP contribution in [-0.4, -0.2) is 34.1 Å². The first-order chi connectivity index (χ1) is 9.35. The standard InChI is InChI=1S/C15H20O5/c1-8-4-5-12(16)14(3)7-11-10(6-15(8,14)20-18)9(2)13(17)19-11/h10-12,16,18H,1-2,4-7H2,3H3/t10-,11+,12-,14+,15-/m1/s1. The van der Waals surface area contributed by atoms with Crippen molar-refractivity contribution in [2.45, 2.75) is 50.4 Å². The Morgan fingerprint density at radius 3 is 2.75 bits per heavy atom. The maximum absolute atomic E-state index is 11.7. The number of hydrogen-bond acceptors (Lipinski definition) is 5. The van der Waals surface area contributed by atoms with Gasteiger partial charge < -0.3 is 9.84 Å². The van der Waals surface area contributed by atoms with Crippen molar-refractivity contribution >= 4 is 5.97 Å². The molecule has 5 atom stereocenters. The van der Waals surface area contributed by atoms with E-state index in [-0.39, 0.29) is 12.0 Å². The van der Waals surface area contributed by atoms with Crippen molar-refractivity contribution in [2.75, 3.05) is 0 Å². The topological polar surface area (TPSA) is 76.0 Å². The molecule has 20 heavy (non-hydrogen) atoms. The van der Waals surface area contributed by atoms with Gasteiger partial charge >= 0.3 is 5.97 Å². The number of carbonyl (C=O) groups excluding carboxylic acids is 1. The molecule has 0 radical (unpaired) electrons. The summed E-state index contributed by atoms with van der Waals surface area (Å²) >= 11 is 0. The summed E-state index contributed by atoms with van der Waals surface area (Å²) in [5.74, 6) is -0.583. The van der Waals surface area contributed by atoms with Crippen LogP contribution in [0.15, 0.2) is 24.3 Å². The van der Waals surface area contributed by atoms with Crippen LogP contribution in [0.2, 0.25) is 0 Å². The van der Waals surface area contributed by atoms with Crippen LogP contribution in [0.25, 0.3) is 0 Å². The normalized spacial score (nSPS) is 47.8. The zero-order valence-corrected chi connectivity index (χ0v) is 11.6. The summed E-state index contributed by atoms with van der Waals surface area (Å²) in [6, 6.07) is 0. The molecule has 0 aromatic heterocycles. The molecule has 110 valence electrons. The quantitative estimate of drug-likeness (QED) is 0.252. The highest BCUT2D eigenvalue weighted by molar-refractivity contribution is 5.91. The highest BCUT2D eigenvalue weighted by atomic mass is 17.1. The maximum atomic E-state index is 11.7. The SMILES string of the molecule is C=C1C(=O)O[C@H]2C[C@@]3(C)[C@H](O)CCC(=C)[C@]3(OO)C[C@H]12. The lowest BCUT2D eigenvalue weighted by atomic mass is 9.51. The van der Waals surface area contributed by atoms with Gasteiger partial charge in [0.2, 0.25) is 0 Å². The van der Waals surface area contributed by atoms with Crippen molar-refractivity contribution < 1.29 is 24.8 Å². The van der Waals surface area contributed by atoms with Crippen molar-refractivity contribution in [3.8, 4) is 0 Å². The average molecular weight is 280 g/mol. The molecule has 3 aliphatic rings. The molecule has 5 heteroatoms. The first-order valence-electron chi connectivity index (χ1n) is 6.94. The van der Waals surface area contributed by atoms with E-state index in [0.29, 0.717) is 31.3 Å². The van der Waals surface area contributed by atoms with Gasteiger partial charge in [-0.1, -0.05) is 20.1 Å². The van der Waals surface area contributed by atoms with Gasteiger partial charge in [-0.2, -0.15) is 0 Å². The summed E-state index contributed by atoms with van der Waals surface area (Å²) in [7, 11) is 0. The molecule has 3 fully saturated rings. The molecule has 1 heterocycles. The molecule has 2 aliphatic carbocycles. The fraction of sp³-hybridized carbons (Fsp3) is 0.667. The smallest absolute Gasteiger partial charge is 0.334 e. The molecule has 0 amide bonds. The fourth-order valence-electron chi connectivity index (χ4n) is 4.23. The first-order valence-corrected chi connectivity index (χ1v) is 6.94. The molecular formula is C15H20O5. The average Bonchev–Trinajstić information content (AvgIpc) is 2.68. The molecule has 2 N–H and O–H groups in total. The third-order valence-corrected chi connectivity index (χ3v) is 5.65. The number of aliphatic hydroxyl groups is 1. The largest absolute Gasteiger partial charge is 0.458 e. The Labute approximate surface area is 117 Å². The number of esters is 1. The molecular weight excluding hydrogens is 260 g/mol. The van der Waals surface area contributed by atoms with E-state index < -0.39 is 23.1 Å². The minimum Gasteiger partial charge on any atom is -0.458 e. The zero-order valence-electron chi connectivity index (χ0n) is 11.6. The second-order valence-electron chi connectivity index (χ2n) is 6.48. The zero-order chi connectivity index (χ0) is 14.7. The Morgan fingerprint density at radius 2 is 2.10 bits per heavy atom. The van der Waals surface area contributed by atoms with Gasteiger partial charge in [0.25, 0.3) is 0 Å². The second-order valence-corrected chi connectivity index (χ2v) is 6.48. The summed E-state index contributed by atoms with van der Waals surface area (Å²) in [6.45, 7) is 9.68. The van der Waals surface area contributed by atoms with Crippen LogP contribution in [0.5, 0.6) is 0 Å². The summed E-state index contributed by atoms with van der Waals surface area (Å²) < 4.78 is 5.35. The Kier molecular flexibility index (Phi) is 2.87. The van der Waals surface area contributed by atoms with Crippen molar-refractivity contribution in [1.29, 1.82) is 0 Å². The lowest BCUT2D eigenvalue weighted by Crippen LogP contribution is -2.63. The molecule has 0 unspecified atom stereocenters. The van der Waals surface area contributed by atoms with Crippen LogP contribution in [0, 0.1) is 11.3 Å². The van der Waals surface area contributed by atoms with Crippen molar-refractivity contribution in [1.82, 2.24) is 0 Å². The van der Waals surface area contributed by atoms with Crippen LogP contribution in [0.4, 0.5) is 0 Å². The molecule has 1 saturated heterocycles. The Hall–Kier alpha value is -1.17. The summed E-state index contributed by atoms with van der Waals surface area (Å²) in [5.41, 5.74) is -0.578. The lowest BCUT2D eigenvalue weighted by molar-refractivity contribution is -0.367. The van der Waals surface area contributed by atoms with Crippen LogP contribution in [0.3, 0.4) is 0 Å². The number of hydrogen-bond donors (Lipinski definition) is 2. The maximum Gasteiger partial charge on any atom is 0.334 e. The van der Waals surface area contributed by atoms with E-state index in [2.05, 4.69) is 13.2 Å². The monoisotopic (exact) mass is 280 g/mol.